The molecule has 0 radical (unpaired) electrons. The molecule has 0 spiro atoms. The van der Waals surface area contributed by atoms with Crippen LogP contribution >= 0.6 is 0 Å². The van der Waals surface area contributed by atoms with Crippen molar-refractivity contribution in [3.63, 3.8) is 0 Å². The van der Waals surface area contributed by atoms with Crippen LogP contribution in [-0.2, 0) is 0 Å². The standard InChI is InChI=1S/C18H16N4O/c1-2-3-10-23-16-8-5-14(6-9-16)4-7-15-13-21-17(11-19)18(12-20)22-15/h4-9,13H,2-3,10H2,1H3/b7-4+. The third-order valence-corrected chi connectivity index (χ3v) is 3.10. The lowest BCUT2D eigenvalue weighted by Gasteiger charge is -2.05. The highest BCUT2D eigenvalue weighted by molar-refractivity contribution is 5.68. The molecular formula is C18H16N4O. The molecule has 23 heavy (non-hydrogen) atoms. The summed E-state index contributed by atoms with van der Waals surface area (Å²) in [4.78, 5) is 8.01. The third kappa shape index (κ3) is 4.66. The van der Waals surface area contributed by atoms with Gasteiger partial charge in [0.05, 0.1) is 18.5 Å². The Labute approximate surface area is 135 Å². The summed E-state index contributed by atoms with van der Waals surface area (Å²) in [7, 11) is 0. The van der Waals surface area contributed by atoms with Crippen LogP contribution in [0.4, 0.5) is 0 Å². The van der Waals surface area contributed by atoms with Crippen molar-refractivity contribution in [3.05, 3.63) is 53.1 Å². The molecule has 0 atom stereocenters. The summed E-state index contributed by atoms with van der Waals surface area (Å²) in [5.41, 5.74) is 1.59. The van der Waals surface area contributed by atoms with Crippen LogP contribution in [0.1, 0.15) is 42.4 Å². The maximum absolute atomic E-state index is 8.94. The van der Waals surface area contributed by atoms with Crippen LogP contribution in [0, 0.1) is 22.7 Å². The van der Waals surface area contributed by atoms with E-state index in [2.05, 4.69) is 16.9 Å². The lowest BCUT2D eigenvalue weighted by Crippen LogP contribution is -1.96. The van der Waals surface area contributed by atoms with E-state index in [1.54, 1.807) is 6.08 Å². The first-order valence-corrected chi connectivity index (χ1v) is 7.35. The Balaban J connectivity index is 2.06. The molecule has 1 aromatic heterocycles. The van der Waals surface area contributed by atoms with Gasteiger partial charge in [0, 0.05) is 0 Å². The molecule has 0 saturated carbocycles. The Kier molecular flexibility index (Phi) is 5.85. The molecule has 2 rings (SSSR count). The van der Waals surface area contributed by atoms with Gasteiger partial charge in [-0.1, -0.05) is 31.6 Å². The molecule has 0 fully saturated rings. The fourth-order valence-electron chi connectivity index (χ4n) is 1.83. The molecule has 114 valence electrons. The average molecular weight is 304 g/mol. The zero-order valence-corrected chi connectivity index (χ0v) is 12.9. The highest BCUT2D eigenvalue weighted by atomic mass is 16.5. The van der Waals surface area contributed by atoms with E-state index in [4.69, 9.17) is 15.3 Å². The van der Waals surface area contributed by atoms with Gasteiger partial charge in [-0.2, -0.15) is 10.5 Å². The number of nitrogens with zero attached hydrogens (tertiary/aromatic N) is 4. The quantitative estimate of drug-likeness (QED) is 0.762. The molecule has 0 N–H and O–H groups in total. The van der Waals surface area contributed by atoms with Crippen molar-refractivity contribution in [3.8, 4) is 17.9 Å². The van der Waals surface area contributed by atoms with Crippen molar-refractivity contribution >= 4 is 12.2 Å². The molecule has 0 aliphatic heterocycles. The van der Waals surface area contributed by atoms with Crippen LogP contribution in [0.15, 0.2) is 30.5 Å². The average Bonchev–Trinajstić information content (AvgIpc) is 2.61. The Morgan fingerprint density at radius 2 is 1.83 bits per heavy atom. The predicted molar refractivity (Wildman–Crippen MR) is 87.2 cm³/mol. The minimum absolute atomic E-state index is 0.0364. The van der Waals surface area contributed by atoms with Gasteiger partial charge in [0.25, 0.3) is 0 Å². The summed E-state index contributed by atoms with van der Waals surface area (Å²) < 4.78 is 5.61. The number of benzene rings is 1. The van der Waals surface area contributed by atoms with E-state index in [-0.39, 0.29) is 11.4 Å². The molecule has 0 amide bonds. The Hall–Kier alpha value is -3.18. The van der Waals surface area contributed by atoms with Crippen molar-refractivity contribution in [1.82, 2.24) is 9.97 Å². The van der Waals surface area contributed by atoms with Crippen molar-refractivity contribution in [2.75, 3.05) is 6.61 Å². The molecule has 1 heterocycles. The zero-order valence-electron chi connectivity index (χ0n) is 12.9. The summed E-state index contributed by atoms with van der Waals surface area (Å²) in [6.07, 6.45) is 7.24. The van der Waals surface area contributed by atoms with Gasteiger partial charge in [-0.3, -0.25) is 0 Å². The van der Waals surface area contributed by atoms with Gasteiger partial charge in [0.15, 0.2) is 11.4 Å². The fraction of sp³-hybridized carbons (Fsp3) is 0.222. The second kappa shape index (κ2) is 8.31. The van der Waals surface area contributed by atoms with Crippen molar-refractivity contribution in [2.45, 2.75) is 19.8 Å². The molecule has 0 unspecified atom stereocenters. The van der Waals surface area contributed by atoms with Crippen LogP contribution in [0.3, 0.4) is 0 Å². The molecule has 2 aromatic rings. The molecule has 5 nitrogen and oxygen atoms in total. The molecule has 0 aliphatic carbocycles. The van der Waals surface area contributed by atoms with E-state index in [1.807, 2.05) is 42.5 Å². The highest BCUT2D eigenvalue weighted by Gasteiger charge is 2.04. The third-order valence-electron chi connectivity index (χ3n) is 3.10. The Morgan fingerprint density at radius 3 is 2.48 bits per heavy atom. The minimum atomic E-state index is 0.0364. The fourth-order valence-corrected chi connectivity index (χ4v) is 1.83. The maximum Gasteiger partial charge on any atom is 0.177 e. The van der Waals surface area contributed by atoms with Crippen LogP contribution in [-0.4, -0.2) is 16.6 Å². The van der Waals surface area contributed by atoms with Crippen molar-refractivity contribution in [2.24, 2.45) is 0 Å². The summed E-state index contributed by atoms with van der Waals surface area (Å²) in [6.45, 7) is 2.85. The predicted octanol–water partition coefficient (Wildman–Crippen LogP) is 3.57. The van der Waals surface area contributed by atoms with E-state index in [0.29, 0.717) is 5.69 Å². The smallest absolute Gasteiger partial charge is 0.177 e. The molecular weight excluding hydrogens is 288 g/mol. The van der Waals surface area contributed by atoms with Gasteiger partial charge in [0.1, 0.15) is 17.9 Å². The normalized spacial score (nSPS) is 10.2. The van der Waals surface area contributed by atoms with Gasteiger partial charge in [-0.05, 0) is 30.2 Å². The topological polar surface area (TPSA) is 82.6 Å². The van der Waals surface area contributed by atoms with Crippen LogP contribution in [0.5, 0.6) is 5.75 Å². The van der Waals surface area contributed by atoms with Crippen LogP contribution in [0.25, 0.3) is 12.2 Å². The largest absolute Gasteiger partial charge is 0.494 e. The van der Waals surface area contributed by atoms with Gasteiger partial charge in [-0.15, -0.1) is 0 Å². The van der Waals surface area contributed by atoms with Crippen molar-refractivity contribution < 1.29 is 4.74 Å². The second-order valence-electron chi connectivity index (χ2n) is 4.82. The SMILES string of the molecule is CCCCOc1ccc(/C=C/c2cnc(C#N)c(C#N)n2)cc1. The lowest BCUT2D eigenvalue weighted by molar-refractivity contribution is 0.309. The number of aromatic nitrogens is 2. The van der Waals surface area contributed by atoms with E-state index >= 15 is 0 Å². The van der Waals surface area contributed by atoms with E-state index in [0.717, 1.165) is 30.8 Å². The highest BCUT2D eigenvalue weighted by Crippen LogP contribution is 2.15. The molecule has 5 heteroatoms. The molecule has 0 saturated heterocycles. The van der Waals surface area contributed by atoms with Crippen molar-refractivity contribution in [1.29, 1.82) is 10.5 Å². The number of rotatable bonds is 6. The second-order valence-corrected chi connectivity index (χ2v) is 4.82. The Bertz CT molecular complexity index is 767. The zero-order chi connectivity index (χ0) is 16.5. The van der Waals surface area contributed by atoms with Gasteiger partial charge < -0.3 is 4.74 Å². The summed E-state index contributed by atoms with van der Waals surface area (Å²) >= 11 is 0. The minimum Gasteiger partial charge on any atom is -0.494 e. The van der Waals surface area contributed by atoms with Crippen LogP contribution < -0.4 is 4.74 Å². The van der Waals surface area contributed by atoms with E-state index in [1.165, 1.54) is 6.20 Å². The van der Waals surface area contributed by atoms with E-state index in [9.17, 15) is 0 Å². The monoisotopic (exact) mass is 304 g/mol. The maximum atomic E-state index is 8.94. The Morgan fingerprint density at radius 1 is 1.09 bits per heavy atom. The number of hydrogen-bond acceptors (Lipinski definition) is 5. The van der Waals surface area contributed by atoms with Gasteiger partial charge >= 0.3 is 0 Å². The van der Waals surface area contributed by atoms with E-state index < -0.39 is 0 Å². The first-order valence-electron chi connectivity index (χ1n) is 7.35. The molecule has 0 bridgehead atoms. The number of unbranched alkanes of at least 4 members (excludes halogenated alkanes) is 1. The van der Waals surface area contributed by atoms with Gasteiger partial charge in [-0.25, -0.2) is 9.97 Å². The summed E-state index contributed by atoms with van der Waals surface area (Å²) in [5.74, 6) is 0.848. The van der Waals surface area contributed by atoms with Gasteiger partial charge in [0.2, 0.25) is 0 Å². The first kappa shape index (κ1) is 16.2. The lowest BCUT2D eigenvalue weighted by atomic mass is 10.2. The molecule has 1 aromatic carbocycles. The van der Waals surface area contributed by atoms with Crippen LogP contribution in [0.2, 0.25) is 0 Å². The summed E-state index contributed by atoms with van der Waals surface area (Å²) in [6, 6.07) is 11.4. The first-order chi connectivity index (χ1) is 11.3. The number of hydrogen-bond donors (Lipinski definition) is 0. The number of nitriles is 2. The number of ether oxygens (including phenoxy) is 1. The molecule has 0 aliphatic rings. The summed E-state index contributed by atoms with van der Waals surface area (Å²) in [5, 5.41) is 17.8.